The minimum atomic E-state index is -1.53. The van der Waals surface area contributed by atoms with E-state index in [-0.39, 0.29) is 61.1 Å². The molecule has 19 heteroatoms. The third-order valence-electron chi connectivity index (χ3n) is 10.3. The molecule has 0 unspecified atom stereocenters. The van der Waals surface area contributed by atoms with Crippen LogP contribution in [0.1, 0.15) is 68.9 Å². The second-order valence-corrected chi connectivity index (χ2v) is 15.4. The predicted molar refractivity (Wildman–Crippen MR) is 229 cm³/mol. The normalized spacial score (nSPS) is 20.3. The molecule has 2 aliphatic rings. The highest BCUT2D eigenvalue weighted by Crippen LogP contribution is 2.46. The molecule has 1 aromatic heterocycles. The van der Waals surface area contributed by atoms with Gasteiger partial charge >= 0.3 is 23.9 Å². The number of nitrogens with two attached hydrogens (primary N) is 1. The molecule has 0 aliphatic carbocycles. The summed E-state index contributed by atoms with van der Waals surface area (Å²) in [5.74, 6) is -3.98. The van der Waals surface area contributed by atoms with Gasteiger partial charge in [-0.2, -0.15) is 0 Å². The molecule has 0 bridgehead atoms. The van der Waals surface area contributed by atoms with Crippen LogP contribution in [0.15, 0.2) is 66.9 Å². The van der Waals surface area contributed by atoms with Gasteiger partial charge in [-0.1, -0.05) is 24.3 Å². The maximum Gasteiger partial charge on any atom is 0.303 e. The number of hydrogen-bond donors (Lipinski definition) is 3. The van der Waals surface area contributed by atoms with Gasteiger partial charge in [-0.3, -0.25) is 33.6 Å². The zero-order valence-corrected chi connectivity index (χ0v) is 36.0. The van der Waals surface area contributed by atoms with Crippen molar-refractivity contribution in [3.05, 3.63) is 78.1 Å². The van der Waals surface area contributed by atoms with Crippen LogP contribution in [0.4, 0.5) is 22.7 Å². The van der Waals surface area contributed by atoms with Crippen LogP contribution in [0.3, 0.4) is 0 Å². The molecule has 1 fully saturated rings. The predicted octanol–water partition coefficient (Wildman–Crippen LogP) is 4.95. The number of aromatic nitrogens is 1. The Kier molecular flexibility index (Phi) is 14.6. The first-order valence-corrected chi connectivity index (χ1v) is 20.6. The van der Waals surface area contributed by atoms with Gasteiger partial charge in [-0.15, -0.1) is 11.6 Å². The van der Waals surface area contributed by atoms with E-state index in [9.17, 15) is 33.6 Å². The monoisotopic (exact) mass is 889 g/mol. The molecule has 6 atom stereocenters. The smallest absolute Gasteiger partial charge is 0.303 e. The van der Waals surface area contributed by atoms with Crippen LogP contribution in [0.2, 0.25) is 0 Å². The van der Waals surface area contributed by atoms with Crippen LogP contribution in [-0.4, -0.2) is 95.9 Å². The van der Waals surface area contributed by atoms with Crippen molar-refractivity contribution in [1.29, 1.82) is 0 Å². The molecular weight excluding hydrogens is 842 g/mol. The number of anilines is 4. The topological polar surface area (TPSA) is 233 Å². The number of ether oxygens (including phenoxy) is 6. The number of halogens is 1. The van der Waals surface area contributed by atoms with Crippen molar-refractivity contribution in [2.45, 2.75) is 83.6 Å². The number of esters is 4. The van der Waals surface area contributed by atoms with Crippen molar-refractivity contribution >= 4 is 86.7 Å². The van der Waals surface area contributed by atoms with E-state index in [0.29, 0.717) is 39.2 Å². The highest BCUT2D eigenvalue weighted by molar-refractivity contribution is 6.19. The molecule has 18 nitrogen and oxygen atoms in total. The number of benzene rings is 3. The SMILES string of the molecule is CC(=O)OC[C@H]1O[C@@H](Oc2cc3c(c4ccccc24)[C@H](CCl)CN3C(=O)CCCC(=O)Nc2cc(C(=O)Nc3ccc(N)cc3)n(C)c2)[C@H](OC(C)=O)[C@@H](OC(C)=O)[C@H]1OC(C)=O. The number of nitrogens with zero attached hydrogens (tertiary/aromatic N) is 2. The summed E-state index contributed by atoms with van der Waals surface area (Å²) >= 11 is 6.51. The van der Waals surface area contributed by atoms with Gasteiger partial charge < -0.3 is 54.3 Å². The van der Waals surface area contributed by atoms with Gasteiger partial charge in [0.25, 0.3) is 5.91 Å². The maximum absolute atomic E-state index is 14.0. The number of nitrogens with one attached hydrogen (secondary N) is 2. The van der Waals surface area contributed by atoms with Gasteiger partial charge in [0.2, 0.25) is 24.2 Å². The standard InChI is InChI=1S/C44H48ClN5O13/c1-23(51)58-22-36-40(59-24(2)52)41(60-25(3)53)42(61-26(4)54)44(63-36)62-35-18-33-39(32-10-7-6-9-31(32)35)27(19-45)20-50(33)38(56)12-8-11-37(55)47-30-17-34(49(5)21-30)43(57)48-29-15-13-28(46)14-16-29/h6-7,9-10,13-18,21,27,36,40-42,44H,8,11-12,19-20,22,46H2,1-5H3,(H,47,55)(H,48,57)/t27-,36-,40+,41+,42-,44-/m1/s1. The van der Waals surface area contributed by atoms with Gasteiger partial charge in [-0.05, 0) is 47.7 Å². The molecule has 2 aliphatic heterocycles. The first-order chi connectivity index (χ1) is 30.0. The van der Waals surface area contributed by atoms with Crippen molar-refractivity contribution in [1.82, 2.24) is 4.57 Å². The third kappa shape index (κ3) is 11.1. The van der Waals surface area contributed by atoms with Gasteiger partial charge in [0, 0.05) is 95.0 Å². The summed E-state index contributed by atoms with van der Waals surface area (Å²) < 4.78 is 36.2. The number of aryl methyl sites for hydroxylation is 1. The Labute approximate surface area is 367 Å². The number of amides is 3. The van der Waals surface area contributed by atoms with Crippen LogP contribution in [0.25, 0.3) is 10.8 Å². The maximum atomic E-state index is 14.0. The summed E-state index contributed by atoms with van der Waals surface area (Å²) in [7, 11) is 1.68. The lowest BCUT2D eigenvalue weighted by molar-refractivity contribution is -0.288. The highest BCUT2D eigenvalue weighted by Gasteiger charge is 2.53. The zero-order chi connectivity index (χ0) is 45.5. The van der Waals surface area contributed by atoms with Crippen molar-refractivity contribution < 1.29 is 62.0 Å². The van der Waals surface area contributed by atoms with Gasteiger partial charge in [-0.25, -0.2) is 0 Å². The van der Waals surface area contributed by atoms with Crippen LogP contribution in [0, 0.1) is 0 Å². The Morgan fingerprint density at radius 1 is 0.794 bits per heavy atom. The molecule has 4 N–H and O–H groups in total. The largest absolute Gasteiger partial charge is 0.463 e. The number of carbonyl (C=O) groups is 7. The lowest BCUT2D eigenvalue weighted by Crippen LogP contribution is -2.63. The Morgan fingerprint density at radius 3 is 2.10 bits per heavy atom. The highest BCUT2D eigenvalue weighted by atomic mass is 35.5. The lowest BCUT2D eigenvalue weighted by atomic mass is 9.95. The minimum Gasteiger partial charge on any atom is -0.463 e. The van der Waals surface area contributed by atoms with Crippen molar-refractivity contribution in [3.8, 4) is 5.75 Å². The number of hydrogen-bond acceptors (Lipinski definition) is 14. The molecule has 6 rings (SSSR count). The summed E-state index contributed by atoms with van der Waals surface area (Å²) in [6.45, 7) is 4.33. The average Bonchev–Trinajstić information content (AvgIpc) is 3.79. The zero-order valence-electron chi connectivity index (χ0n) is 35.2. The molecule has 63 heavy (non-hydrogen) atoms. The van der Waals surface area contributed by atoms with Crippen LogP contribution in [0.5, 0.6) is 5.75 Å². The van der Waals surface area contributed by atoms with E-state index in [1.165, 1.54) is 6.92 Å². The number of alkyl halides is 1. The Bertz CT molecular complexity index is 2400. The second-order valence-electron chi connectivity index (χ2n) is 15.1. The summed E-state index contributed by atoms with van der Waals surface area (Å²) in [5, 5.41) is 6.87. The van der Waals surface area contributed by atoms with Crippen LogP contribution in [-0.2, 0) is 59.5 Å². The first-order valence-electron chi connectivity index (χ1n) is 20.0. The van der Waals surface area contributed by atoms with Crippen molar-refractivity contribution in [2.75, 3.05) is 40.3 Å². The van der Waals surface area contributed by atoms with E-state index >= 15 is 0 Å². The van der Waals surface area contributed by atoms with E-state index in [1.807, 2.05) is 12.1 Å². The number of fused-ring (bicyclic) bond motifs is 3. The quantitative estimate of drug-likeness (QED) is 0.0621. The number of nitrogen functional groups attached to an aromatic ring is 1. The van der Waals surface area contributed by atoms with E-state index < -0.39 is 61.2 Å². The Balaban J connectivity index is 1.21. The first kappa shape index (κ1) is 45.9. The minimum absolute atomic E-state index is 0.00220. The van der Waals surface area contributed by atoms with E-state index in [4.69, 9.17) is 45.8 Å². The van der Waals surface area contributed by atoms with Crippen LogP contribution < -0.4 is 26.0 Å². The molecule has 334 valence electrons. The molecule has 0 spiro atoms. The summed E-state index contributed by atoms with van der Waals surface area (Å²) in [6, 6.07) is 17.1. The Morgan fingerprint density at radius 2 is 1.44 bits per heavy atom. The molecular formula is C44H48ClN5O13. The van der Waals surface area contributed by atoms with Crippen LogP contribution >= 0.6 is 11.6 Å². The molecule has 3 amide bonds. The molecule has 0 radical (unpaired) electrons. The lowest BCUT2D eigenvalue weighted by Gasteiger charge is -2.44. The van der Waals surface area contributed by atoms with Gasteiger partial charge in [0.05, 0.1) is 11.4 Å². The molecule has 0 saturated carbocycles. The van der Waals surface area contributed by atoms with Crippen molar-refractivity contribution in [3.63, 3.8) is 0 Å². The van der Waals surface area contributed by atoms with E-state index in [2.05, 4.69) is 10.6 Å². The fraction of sp³-hybridized carbons (Fsp3) is 0.386. The third-order valence-corrected chi connectivity index (χ3v) is 10.7. The molecule has 4 aromatic rings. The molecule has 1 saturated heterocycles. The fourth-order valence-corrected chi connectivity index (χ4v) is 7.91. The van der Waals surface area contributed by atoms with Crippen molar-refractivity contribution in [2.24, 2.45) is 7.05 Å². The summed E-state index contributed by atoms with van der Waals surface area (Å²) in [4.78, 5) is 90.5. The number of carbonyl (C=O) groups excluding carboxylic acids is 7. The molecule has 3 aromatic carbocycles. The number of rotatable bonds is 15. The average molecular weight is 890 g/mol. The fourth-order valence-electron chi connectivity index (χ4n) is 7.66. The van der Waals surface area contributed by atoms with Gasteiger partial charge in [0.1, 0.15) is 24.2 Å². The van der Waals surface area contributed by atoms with E-state index in [0.717, 1.165) is 26.3 Å². The second kappa shape index (κ2) is 20.0. The van der Waals surface area contributed by atoms with Gasteiger partial charge in [0.15, 0.2) is 12.2 Å². The van der Waals surface area contributed by atoms with E-state index in [1.54, 1.807) is 71.2 Å². The molecule has 3 heterocycles. The summed E-state index contributed by atoms with van der Waals surface area (Å²) in [6.07, 6.45) is -5.32. The Hall–Kier alpha value is -6.66. The summed E-state index contributed by atoms with van der Waals surface area (Å²) in [5.41, 5.74) is 8.85.